The van der Waals surface area contributed by atoms with Crippen LogP contribution in [0.5, 0.6) is 0 Å². The molecule has 2 aromatic rings. The summed E-state index contributed by atoms with van der Waals surface area (Å²) in [6, 6.07) is 3.07. The molecule has 0 aliphatic heterocycles. The third-order valence-corrected chi connectivity index (χ3v) is 4.03. The van der Waals surface area contributed by atoms with E-state index in [0.29, 0.717) is 12.3 Å². The van der Waals surface area contributed by atoms with Crippen LogP contribution < -0.4 is 5.32 Å². The molecule has 0 spiro atoms. The number of aromatic nitrogens is 2. The summed E-state index contributed by atoms with van der Waals surface area (Å²) in [5, 5.41) is 9.43. The van der Waals surface area contributed by atoms with Crippen molar-refractivity contribution in [1.29, 1.82) is 0 Å². The van der Waals surface area contributed by atoms with E-state index in [0.717, 1.165) is 9.99 Å². The Morgan fingerprint density at radius 1 is 1.44 bits per heavy atom. The fourth-order valence-electron chi connectivity index (χ4n) is 1.31. The summed E-state index contributed by atoms with van der Waals surface area (Å²) in [5.74, 6) is 0.539. The lowest BCUT2D eigenvalue weighted by Crippen LogP contribution is -2.21. The van der Waals surface area contributed by atoms with Gasteiger partial charge in [-0.1, -0.05) is 0 Å². The van der Waals surface area contributed by atoms with Crippen LogP contribution in [-0.2, 0) is 16.6 Å². The molecule has 2 aromatic heterocycles. The van der Waals surface area contributed by atoms with E-state index in [-0.39, 0.29) is 5.09 Å². The zero-order valence-electron chi connectivity index (χ0n) is 10.0. The summed E-state index contributed by atoms with van der Waals surface area (Å²) in [5.41, 5.74) is 0.809. The summed E-state index contributed by atoms with van der Waals surface area (Å²) in [7, 11) is -0.589. The Labute approximate surface area is 105 Å². The van der Waals surface area contributed by atoms with E-state index < -0.39 is 10.0 Å². The third kappa shape index (κ3) is 2.54. The maximum Gasteiger partial charge on any atom is 0.275 e. The number of furan rings is 1. The number of nitrogens with zero attached hydrogens (tertiary/aromatic N) is 2. The lowest BCUT2D eigenvalue weighted by Gasteiger charge is -2.07. The van der Waals surface area contributed by atoms with E-state index in [1.54, 1.807) is 18.5 Å². The Kier molecular flexibility index (Phi) is 3.39. The molecule has 2 N–H and O–H groups in total. The molecular weight excluding hydrogens is 256 g/mol. The van der Waals surface area contributed by atoms with Crippen LogP contribution >= 0.6 is 0 Å². The molecule has 0 radical (unpaired) electrons. The number of hydrogen-bond donors (Lipinski definition) is 2. The number of nitrogens with one attached hydrogen (secondary N) is 2. The van der Waals surface area contributed by atoms with Crippen LogP contribution in [0.1, 0.15) is 5.76 Å². The zero-order valence-corrected chi connectivity index (χ0v) is 10.9. The first-order chi connectivity index (χ1) is 8.50. The molecule has 8 heteroatoms. The molecule has 0 aromatic carbocycles. The molecule has 0 aliphatic rings. The fraction of sp³-hybridized carbons (Fsp3) is 0.300. The number of H-pyrrole nitrogens is 1. The summed E-state index contributed by atoms with van der Waals surface area (Å²) < 4.78 is 29.9. The van der Waals surface area contributed by atoms with Gasteiger partial charge in [-0.05, 0) is 12.1 Å². The van der Waals surface area contributed by atoms with Crippen LogP contribution in [-0.4, -0.2) is 37.0 Å². The van der Waals surface area contributed by atoms with Crippen LogP contribution in [0.25, 0.3) is 0 Å². The molecular formula is C10H14N4O3S. The van der Waals surface area contributed by atoms with Gasteiger partial charge in [-0.2, -0.15) is 5.10 Å². The molecule has 0 fully saturated rings. The maximum atomic E-state index is 11.8. The standard InChI is InChI=1S/C10H14N4O3S/c1-14(2)18(15,16)10-4-3-9(17-10)7-11-8-5-12-13-6-8/h3-6,11H,7H2,1-2H3,(H,12,13). The van der Waals surface area contributed by atoms with E-state index in [4.69, 9.17) is 4.42 Å². The topological polar surface area (TPSA) is 91.2 Å². The van der Waals surface area contributed by atoms with Crippen LogP contribution in [0.2, 0.25) is 0 Å². The van der Waals surface area contributed by atoms with Crippen molar-refractivity contribution in [2.45, 2.75) is 11.6 Å². The molecule has 2 rings (SSSR count). The highest BCUT2D eigenvalue weighted by Gasteiger charge is 2.21. The van der Waals surface area contributed by atoms with Crippen molar-refractivity contribution in [3.63, 3.8) is 0 Å². The average Bonchev–Trinajstić information content (AvgIpc) is 2.97. The first-order valence-corrected chi connectivity index (χ1v) is 6.68. The second kappa shape index (κ2) is 4.83. The van der Waals surface area contributed by atoms with E-state index in [1.807, 2.05) is 0 Å². The first kappa shape index (κ1) is 12.7. The summed E-state index contributed by atoms with van der Waals surface area (Å²) in [4.78, 5) is 0. The quantitative estimate of drug-likeness (QED) is 0.841. The number of rotatable bonds is 5. The maximum absolute atomic E-state index is 11.8. The van der Waals surface area contributed by atoms with Crippen molar-refractivity contribution in [3.8, 4) is 0 Å². The van der Waals surface area contributed by atoms with E-state index >= 15 is 0 Å². The molecule has 0 unspecified atom stereocenters. The minimum Gasteiger partial charge on any atom is -0.446 e. The van der Waals surface area contributed by atoms with Gasteiger partial charge in [-0.3, -0.25) is 5.10 Å². The Hall–Kier alpha value is -1.80. The molecule has 0 saturated heterocycles. The predicted octanol–water partition coefficient (Wildman–Crippen LogP) is 0.865. The molecule has 0 aliphatic carbocycles. The van der Waals surface area contributed by atoms with Crippen LogP contribution in [0.4, 0.5) is 5.69 Å². The minimum atomic E-state index is -3.51. The van der Waals surface area contributed by atoms with Gasteiger partial charge < -0.3 is 9.73 Å². The van der Waals surface area contributed by atoms with Gasteiger partial charge >= 0.3 is 0 Å². The van der Waals surface area contributed by atoms with Crippen molar-refractivity contribution in [3.05, 3.63) is 30.3 Å². The Morgan fingerprint density at radius 2 is 2.22 bits per heavy atom. The Morgan fingerprint density at radius 3 is 2.83 bits per heavy atom. The zero-order chi connectivity index (χ0) is 13.2. The van der Waals surface area contributed by atoms with Gasteiger partial charge in [0.25, 0.3) is 10.0 Å². The van der Waals surface area contributed by atoms with Crippen LogP contribution in [0.15, 0.2) is 34.0 Å². The van der Waals surface area contributed by atoms with Crippen molar-refractivity contribution in [1.82, 2.24) is 14.5 Å². The van der Waals surface area contributed by atoms with E-state index in [1.165, 1.54) is 20.2 Å². The summed E-state index contributed by atoms with van der Waals surface area (Å²) in [6.45, 7) is 0.391. The predicted molar refractivity (Wildman–Crippen MR) is 65.5 cm³/mol. The summed E-state index contributed by atoms with van der Waals surface area (Å²) in [6.07, 6.45) is 3.32. The number of anilines is 1. The highest BCUT2D eigenvalue weighted by molar-refractivity contribution is 7.88. The third-order valence-electron chi connectivity index (χ3n) is 2.34. The molecule has 0 amide bonds. The van der Waals surface area contributed by atoms with Gasteiger partial charge in [0.15, 0.2) is 0 Å². The van der Waals surface area contributed by atoms with Gasteiger partial charge in [0.2, 0.25) is 5.09 Å². The van der Waals surface area contributed by atoms with Crippen LogP contribution in [0.3, 0.4) is 0 Å². The lowest BCUT2D eigenvalue weighted by atomic mass is 10.4. The Balaban J connectivity index is 2.07. The molecule has 0 atom stereocenters. The summed E-state index contributed by atoms with van der Waals surface area (Å²) >= 11 is 0. The smallest absolute Gasteiger partial charge is 0.275 e. The van der Waals surface area contributed by atoms with Gasteiger partial charge in [0.1, 0.15) is 5.76 Å². The first-order valence-electron chi connectivity index (χ1n) is 5.24. The monoisotopic (exact) mass is 270 g/mol. The second-order valence-corrected chi connectivity index (χ2v) is 5.93. The lowest BCUT2D eigenvalue weighted by molar-refractivity contribution is 0.402. The molecule has 2 heterocycles. The van der Waals surface area contributed by atoms with E-state index in [9.17, 15) is 8.42 Å². The van der Waals surface area contributed by atoms with Gasteiger partial charge in [-0.25, -0.2) is 12.7 Å². The highest BCUT2D eigenvalue weighted by atomic mass is 32.2. The fourth-order valence-corrected chi connectivity index (χ4v) is 2.12. The van der Waals surface area contributed by atoms with Gasteiger partial charge in [0.05, 0.1) is 18.4 Å². The molecule has 98 valence electrons. The normalized spacial score (nSPS) is 11.9. The number of aromatic amines is 1. The SMILES string of the molecule is CN(C)S(=O)(=O)c1ccc(CNc2cn[nH]c2)o1. The van der Waals surface area contributed by atoms with Crippen LogP contribution in [0, 0.1) is 0 Å². The van der Waals surface area contributed by atoms with Crippen molar-refractivity contribution < 1.29 is 12.8 Å². The molecule has 7 nitrogen and oxygen atoms in total. The minimum absolute atomic E-state index is 0.0588. The van der Waals surface area contributed by atoms with Crippen molar-refractivity contribution in [2.75, 3.05) is 19.4 Å². The largest absolute Gasteiger partial charge is 0.446 e. The Bertz CT molecular complexity index is 601. The molecule has 0 saturated carbocycles. The van der Waals surface area contributed by atoms with Gasteiger partial charge in [-0.15, -0.1) is 0 Å². The van der Waals surface area contributed by atoms with E-state index in [2.05, 4.69) is 15.5 Å². The highest BCUT2D eigenvalue weighted by Crippen LogP contribution is 2.17. The average molecular weight is 270 g/mol. The number of hydrogen-bond acceptors (Lipinski definition) is 5. The number of sulfonamides is 1. The van der Waals surface area contributed by atoms with Crippen molar-refractivity contribution >= 4 is 15.7 Å². The molecule has 0 bridgehead atoms. The second-order valence-electron chi connectivity index (χ2n) is 3.85. The molecule has 18 heavy (non-hydrogen) atoms. The van der Waals surface area contributed by atoms with Crippen molar-refractivity contribution in [2.24, 2.45) is 0 Å². The van der Waals surface area contributed by atoms with Gasteiger partial charge in [0, 0.05) is 20.3 Å².